The van der Waals surface area contributed by atoms with Crippen LogP contribution in [0.2, 0.25) is 5.02 Å². The number of aryl methyl sites for hydroxylation is 1. The number of nitrogens with zero attached hydrogens (tertiary/aromatic N) is 4. The Labute approximate surface area is 172 Å². The summed E-state index contributed by atoms with van der Waals surface area (Å²) in [6.45, 7) is 2.66. The van der Waals surface area contributed by atoms with E-state index in [2.05, 4.69) is 25.9 Å². The number of alkyl halides is 1. The molecule has 2 atom stereocenters. The molecule has 11 heteroatoms. The van der Waals surface area contributed by atoms with Gasteiger partial charge in [0.15, 0.2) is 0 Å². The number of esters is 1. The first-order valence-corrected chi connectivity index (χ1v) is 10.2. The molecule has 3 rings (SSSR count). The maximum absolute atomic E-state index is 13.5. The van der Waals surface area contributed by atoms with E-state index in [-0.39, 0.29) is 18.9 Å². The molecule has 0 aromatic carbocycles. The van der Waals surface area contributed by atoms with E-state index in [0.717, 1.165) is 3.79 Å². The normalized spacial score (nSPS) is 23.3. The van der Waals surface area contributed by atoms with Crippen molar-refractivity contribution in [3.8, 4) is 0 Å². The Kier molecular flexibility index (Phi) is 6.18. The van der Waals surface area contributed by atoms with E-state index in [9.17, 15) is 10.0 Å². The lowest BCUT2D eigenvalue weighted by Gasteiger charge is -2.38. The van der Waals surface area contributed by atoms with Gasteiger partial charge >= 0.3 is 5.97 Å². The third-order valence-corrected chi connectivity index (χ3v) is 6.13. The predicted octanol–water partition coefficient (Wildman–Crippen LogP) is 3.76. The van der Waals surface area contributed by atoms with Crippen LogP contribution in [-0.4, -0.2) is 52.7 Å². The number of thiazole rings is 1. The van der Waals surface area contributed by atoms with E-state index in [0.29, 0.717) is 28.1 Å². The number of hydrogen-bond donors (Lipinski definition) is 0. The highest BCUT2D eigenvalue weighted by Crippen LogP contribution is 2.37. The Morgan fingerprint density at radius 1 is 1.54 bits per heavy atom. The molecule has 0 aliphatic carbocycles. The zero-order chi connectivity index (χ0) is 18.9. The summed E-state index contributed by atoms with van der Waals surface area (Å²) in [5.74, 6) is -0.295. The van der Waals surface area contributed by atoms with E-state index in [1.165, 1.54) is 23.6 Å². The summed E-state index contributed by atoms with van der Waals surface area (Å²) >= 11 is 16.3. The molecule has 0 radical (unpaired) electrons. The van der Waals surface area contributed by atoms with Crippen molar-refractivity contribution in [3.05, 3.63) is 43.7 Å². The third-order valence-electron chi connectivity index (χ3n) is 3.98. The summed E-state index contributed by atoms with van der Waals surface area (Å²) in [6.07, 6.45) is 1.99. The molecule has 2 aromatic heterocycles. The SMILES string of the molecule is Cc1cc(C(=O)OC2CN(CCCl)C[N+]2([O-])c2ncc(Br)s2)ncc1Cl. The molecule has 0 N–H and O–H groups in total. The second-order valence-corrected chi connectivity index (χ2v) is 9.00. The maximum Gasteiger partial charge on any atom is 0.361 e. The number of hydroxylamine groups is 2. The molecule has 140 valence electrons. The monoisotopic (exact) mass is 480 g/mol. The fourth-order valence-corrected chi connectivity index (χ4v) is 4.24. The number of aromatic nitrogens is 2. The molecule has 3 heterocycles. The Hall–Kier alpha value is -0.810. The molecule has 1 aliphatic heterocycles. The summed E-state index contributed by atoms with van der Waals surface area (Å²) in [4.78, 5) is 22.5. The minimum atomic E-state index is -0.957. The Morgan fingerprint density at radius 3 is 2.92 bits per heavy atom. The molecule has 2 aromatic rings. The summed E-state index contributed by atoms with van der Waals surface area (Å²) < 4.78 is 5.39. The second-order valence-electron chi connectivity index (χ2n) is 5.83. The van der Waals surface area contributed by atoms with Crippen molar-refractivity contribution in [2.45, 2.75) is 13.2 Å². The average molecular weight is 482 g/mol. The number of hydrogen-bond acceptors (Lipinski definition) is 7. The standard InChI is InChI=1S/C15H15BrCl2N4O3S/c1-9-4-11(19-5-10(9)18)14(23)25-13-7-21(3-2-17)8-22(13,24)15-20-6-12(16)26-15/h4-6,13H,2-3,7-8H2,1H3. The van der Waals surface area contributed by atoms with Gasteiger partial charge in [0.1, 0.15) is 12.4 Å². The van der Waals surface area contributed by atoms with Gasteiger partial charge in [-0.3, -0.25) is 4.65 Å². The van der Waals surface area contributed by atoms with E-state index in [1.54, 1.807) is 13.1 Å². The van der Waals surface area contributed by atoms with Crippen LogP contribution in [0.15, 0.2) is 22.2 Å². The minimum absolute atomic E-state index is 0.106. The smallest absolute Gasteiger partial charge is 0.361 e. The fraction of sp³-hybridized carbons (Fsp3) is 0.400. The van der Waals surface area contributed by atoms with Gasteiger partial charge in [-0.1, -0.05) is 11.6 Å². The summed E-state index contributed by atoms with van der Waals surface area (Å²) in [5, 5.41) is 14.3. The first kappa shape index (κ1) is 19.9. The molecule has 2 unspecified atom stereocenters. The van der Waals surface area contributed by atoms with E-state index >= 15 is 0 Å². The van der Waals surface area contributed by atoms with Crippen LogP contribution in [0.5, 0.6) is 0 Å². The molecule has 1 saturated heterocycles. The molecule has 7 nitrogen and oxygen atoms in total. The molecule has 1 fully saturated rings. The second kappa shape index (κ2) is 8.05. The largest absolute Gasteiger partial charge is 0.622 e. The van der Waals surface area contributed by atoms with Crippen LogP contribution >= 0.6 is 50.5 Å². The summed E-state index contributed by atoms with van der Waals surface area (Å²) in [6, 6.07) is 1.54. The van der Waals surface area contributed by atoms with Gasteiger partial charge in [0.25, 0.3) is 11.4 Å². The van der Waals surface area contributed by atoms with Crippen LogP contribution in [0.1, 0.15) is 16.1 Å². The Morgan fingerprint density at radius 2 is 2.31 bits per heavy atom. The first-order chi connectivity index (χ1) is 12.3. The van der Waals surface area contributed by atoms with Crippen LogP contribution in [0.4, 0.5) is 5.13 Å². The molecule has 0 saturated carbocycles. The molecular weight excluding hydrogens is 467 g/mol. The van der Waals surface area contributed by atoms with E-state index < -0.39 is 16.8 Å². The molecule has 1 aliphatic rings. The van der Waals surface area contributed by atoms with Crippen molar-refractivity contribution in [2.24, 2.45) is 0 Å². The molecule has 0 spiro atoms. The van der Waals surface area contributed by atoms with Gasteiger partial charge in [-0.25, -0.2) is 14.7 Å². The van der Waals surface area contributed by atoms with Crippen molar-refractivity contribution in [2.75, 3.05) is 25.6 Å². The zero-order valence-corrected chi connectivity index (χ0v) is 17.6. The van der Waals surface area contributed by atoms with Crippen LogP contribution in [0.3, 0.4) is 0 Å². The van der Waals surface area contributed by atoms with Gasteiger partial charge in [-0.2, -0.15) is 4.98 Å². The molecular formula is C15H15BrCl2N4O3S. The highest BCUT2D eigenvalue weighted by Gasteiger charge is 2.46. The number of carbonyl (C=O) groups excluding carboxylic acids is 1. The lowest BCUT2D eigenvalue weighted by molar-refractivity contribution is 0.00500. The Bertz CT molecular complexity index is 824. The topological polar surface area (TPSA) is 78.4 Å². The number of halogens is 3. The fourth-order valence-electron chi connectivity index (χ4n) is 2.64. The van der Waals surface area contributed by atoms with Crippen molar-refractivity contribution in [1.29, 1.82) is 0 Å². The number of pyridine rings is 1. The van der Waals surface area contributed by atoms with Gasteiger partial charge in [0, 0.05) is 18.6 Å². The van der Waals surface area contributed by atoms with Gasteiger partial charge in [-0.05, 0) is 45.8 Å². The van der Waals surface area contributed by atoms with Gasteiger partial charge in [-0.15, -0.1) is 11.6 Å². The van der Waals surface area contributed by atoms with Gasteiger partial charge < -0.3 is 9.94 Å². The van der Waals surface area contributed by atoms with E-state index in [4.69, 9.17) is 27.9 Å². The number of quaternary nitrogens is 1. The highest BCUT2D eigenvalue weighted by atomic mass is 79.9. The van der Waals surface area contributed by atoms with E-state index in [1.807, 2.05) is 4.90 Å². The molecule has 26 heavy (non-hydrogen) atoms. The van der Waals surface area contributed by atoms with Gasteiger partial charge in [0.2, 0.25) is 0 Å². The van der Waals surface area contributed by atoms with Crippen LogP contribution < -0.4 is 4.65 Å². The highest BCUT2D eigenvalue weighted by molar-refractivity contribution is 9.11. The molecule has 0 amide bonds. The van der Waals surface area contributed by atoms with Gasteiger partial charge in [0.05, 0.1) is 21.6 Å². The average Bonchev–Trinajstić information content (AvgIpc) is 3.15. The number of carbonyl (C=O) groups is 1. The summed E-state index contributed by atoms with van der Waals surface area (Å²) in [5.41, 5.74) is 0.810. The van der Waals surface area contributed by atoms with Crippen molar-refractivity contribution >= 4 is 61.6 Å². The lowest BCUT2D eigenvalue weighted by Crippen LogP contribution is -2.51. The quantitative estimate of drug-likeness (QED) is 0.280. The lowest BCUT2D eigenvalue weighted by atomic mass is 10.2. The first-order valence-electron chi connectivity index (χ1n) is 7.65. The van der Waals surface area contributed by atoms with Crippen LogP contribution in [0, 0.1) is 12.1 Å². The summed E-state index contributed by atoms with van der Waals surface area (Å²) in [7, 11) is 0. The maximum atomic E-state index is 13.5. The van der Waals surface area contributed by atoms with Crippen molar-refractivity contribution in [3.63, 3.8) is 0 Å². The van der Waals surface area contributed by atoms with Crippen molar-refractivity contribution in [1.82, 2.24) is 19.5 Å². The zero-order valence-electron chi connectivity index (χ0n) is 13.7. The number of rotatable bonds is 5. The van der Waals surface area contributed by atoms with Crippen molar-refractivity contribution < 1.29 is 9.53 Å². The van der Waals surface area contributed by atoms with Crippen LogP contribution in [-0.2, 0) is 4.74 Å². The van der Waals surface area contributed by atoms with Crippen LogP contribution in [0.25, 0.3) is 0 Å². The predicted molar refractivity (Wildman–Crippen MR) is 105 cm³/mol. The third kappa shape index (κ3) is 4.04. The molecule has 0 bridgehead atoms. The minimum Gasteiger partial charge on any atom is -0.622 e. The Balaban J connectivity index is 1.85. The number of ether oxygens (including phenoxy) is 1.